The fraction of sp³-hybridized carbons (Fsp3) is 0.296. The van der Waals surface area contributed by atoms with Crippen LogP contribution >= 0.6 is 0 Å². The maximum absolute atomic E-state index is 12.2. The number of aromatic nitrogens is 3. The molecule has 0 radical (unpaired) electrons. The van der Waals surface area contributed by atoms with Crippen molar-refractivity contribution < 1.29 is 28.6 Å². The van der Waals surface area contributed by atoms with Crippen molar-refractivity contribution in [1.29, 1.82) is 0 Å². The molecule has 0 atom stereocenters. The molecule has 0 aliphatic heterocycles. The first-order chi connectivity index (χ1) is 19.4. The Bertz CT molecular complexity index is 1500. The molecule has 0 unspecified atom stereocenters. The number of esters is 1. The molecule has 13 nitrogen and oxygen atoms in total. The van der Waals surface area contributed by atoms with Gasteiger partial charge < -0.3 is 29.8 Å². The van der Waals surface area contributed by atoms with E-state index < -0.39 is 11.9 Å². The second-order valence-corrected chi connectivity index (χ2v) is 8.61. The highest BCUT2D eigenvalue weighted by atomic mass is 16.6. The lowest BCUT2D eigenvalue weighted by Gasteiger charge is -2.12. The van der Waals surface area contributed by atoms with E-state index in [0.29, 0.717) is 41.4 Å². The Labute approximate surface area is 229 Å². The van der Waals surface area contributed by atoms with Crippen LogP contribution in [0, 0.1) is 0 Å². The standard InChI is InChI=1S/C27H31N7O6/c1-2-38-15-21-32-23-24(19-5-3-4-6-20(19)31-25(23)28)34(21)12-14-40-22(35)16-39-13-11-30-26(36)17-7-9-18(10-8-17)27(37)33-29/h3-10H,2,11-16,29H2,1H3,(H2,28,31)(H,30,36)(H,33,37). The first kappa shape index (κ1) is 28.4. The number of hydrazine groups is 1. The molecule has 0 aliphatic rings. The number of rotatable bonds is 13. The number of hydrogen-bond acceptors (Lipinski definition) is 10. The molecule has 0 spiro atoms. The van der Waals surface area contributed by atoms with E-state index in [1.165, 1.54) is 24.3 Å². The van der Waals surface area contributed by atoms with Crippen LogP contribution in [-0.2, 0) is 32.2 Å². The van der Waals surface area contributed by atoms with Crippen molar-refractivity contribution in [1.82, 2.24) is 25.3 Å². The lowest BCUT2D eigenvalue weighted by Crippen LogP contribution is -2.30. The largest absolute Gasteiger partial charge is 0.462 e. The Morgan fingerprint density at radius 1 is 0.950 bits per heavy atom. The minimum Gasteiger partial charge on any atom is -0.462 e. The van der Waals surface area contributed by atoms with Gasteiger partial charge in [-0.1, -0.05) is 18.2 Å². The van der Waals surface area contributed by atoms with Gasteiger partial charge in [0.25, 0.3) is 11.8 Å². The Hall–Kier alpha value is -4.59. The van der Waals surface area contributed by atoms with Crippen LogP contribution in [0.15, 0.2) is 48.5 Å². The second kappa shape index (κ2) is 13.5. The normalized spacial score (nSPS) is 11.1. The minimum absolute atomic E-state index is 0.0816. The first-order valence-electron chi connectivity index (χ1n) is 12.7. The third kappa shape index (κ3) is 6.69. The molecule has 0 saturated carbocycles. The highest BCUT2D eigenvalue weighted by molar-refractivity contribution is 6.06. The molecule has 13 heteroatoms. The number of pyridine rings is 1. The minimum atomic E-state index is -0.540. The van der Waals surface area contributed by atoms with E-state index in [1.807, 2.05) is 41.2 Å². The number of carbonyl (C=O) groups excluding carboxylic acids is 3. The van der Waals surface area contributed by atoms with E-state index in [4.69, 9.17) is 25.8 Å². The van der Waals surface area contributed by atoms with Gasteiger partial charge in [0.2, 0.25) is 0 Å². The zero-order valence-corrected chi connectivity index (χ0v) is 22.0. The zero-order chi connectivity index (χ0) is 28.5. The van der Waals surface area contributed by atoms with E-state index >= 15 is 0 Å². The summed E-state index contributed by atoms with van der Waals surface area (Å²) in [6.07, 6.45) is 0. The molecule has 0 aliphatic carbocycles. The zero-order valence-electron chi connectivity index (χ0n) is 22.0. The quantitative estimate of drug-likeness (QED) is 0.0622. The Kier molecular flexibility index (Phi) is 9.57. The summed E-state index contributed by atoms with van der Waals surface area (Å²) in [5.74, 6) is 4.73. The number of amides is 2. The van der Waals surface area contributed by atoms with E-state index in [-0.39, 0.29) is 38.9 Å². The lowest BCUT2D eigenvalue weighted by molar-refractivity contribution is -0.149. The van der Waals surface area contributed by atoms with E-state index in [9.17, 15) is 14.4 Å². The molecule has 0 fully saturated rings. The van der Waals surface area contributed by atoms with Crippen LogP contribution in [0.2, 0.25) is 0 Å². The molecule has 2 aromatic carbocycles. The van der Waals surface area contributed by atoms with Gasteiger partial charge in [-0.2, -0.15) is 0 Å². The van der Waals surface area contributed by atoms with Crippen molar-refractivity contribution in [2.24, 2.45) is 5.84 Å². The highest BCUT2D eigenvalue weighted by Gasteiger charge is 2.18. The lowest BCUT2D eigenvalue weighted by atomic mass is 10.1. The van der Waals surface area contributed by atoms with Crippen LogP contribution in [0.25, 0.3) is 21.9 Å². The Morgan fingerprint density at radius 2 is 1.68 bits per heavy atom. The number of nitrogen functional groups attached to an aromatic ring is 2. The van der Waals surface area contributed by atoms with Crippen LogP contribution in [-0.4, -0.2) is 65.3 Å². The maximum Gasteiger partial charge on any atom is 0.332 e. The van der Waals surface area contributed by atoms with Crippen molar-refractivity contribution in [2.75, 3.05) is 38.7 Å². The van der Waals surface area contributed by atoms with Gasteiger partial charge in [0.05, 0.1) is 24.2 Å². The van der Waals surface area contributed by atoms with Crippen molar-refractivity contribution in [2.45, 2.75) is 20.1 Å². The number of benzene rings is 2. The number of nitrogens with zero attached hydrogens (tertiary/aromatic N) is 3. The van der Waals surface area contributed by atoms with Crippen molar-refractivity contribution in [3.63, 3.8) is 0 Å². The number of imidazole rings is 1. The van der Waals surface area contributed by atoms with Crippen molar-refractivity contribution >= 4 is 45.5 Å². The van der Waals surface area contributed by atoms with Crippen LogP contribution in [0.5, 0.6) is 0 Å². The molecule has 210 valence electrons. The van der Waals surface area contributed by atoms with Gasteiger partial charge in [0, 0.05) is 29.7 Å². The third-order valence-electron chi connectivity index (χ3n) is 5.99. The summed E-state index contributed by atoms with van der Waals surface area (Å²) in [4.78, 5) is 45.0. The average molecular weight is 550 g/mol. The number of hydrogen-bond donors (Lipinski definition) is 4. The molecule has 0 bridgehead atoms. The van der Waals surface area contributed by atoms with Crippen LogP contribution in [0.4, 0.5) is 5.82 Å². The number of carbonyl (C=O) groups is 3. The number of nitrogens with two attached hydrogens (primary N) is 2. The summed E-state index contributed by atoms with van der Waals surface area (Å²) in [6.45, 7) is 3.12. The topological polar surface area (TPSA) is 186 Å². The summed E-state index contributed by atoms with van der Waals surface area (Å²) in [5.41, 5.74) is 11.0. The summed E-state index contributed by atoms with van der Waals surface area (Å²) in [5, 5.41) is 3.56. The molecule has 4 aromatic rings. The van der Waals surface area contributed by atoms with Gasteiger partial charge in [-0.25, -0.2) is 20.6 Å². The third-order valence-corrected chi connectivity index (χ3v) is 5.99. The summed E-state index contributed by atoms with van der Waals surface area (Å²) in [7, 11) is 0. The van der Waals surface area contributed by atoms with E-state index in [1.54, 1.807) is 0 Å². The Balaban J connectivity index is 1.26. The molecule has 2 heterocycles. The smallest absolute Gasteiger partial charge is 0.332 e. The number of fused-ring (bicyclic) bond motifs is 3. The molecular formula is C27H31N7O6. The molecular weight excluding hydrogens is 518 g/mol. The van der Waals surface area contributed by atoms with Gasteiger partial charge in [-0.3, -0.25) is 15.0 Å². The maximum atomic E-state index is 12.2. The van der Waals surface area contributed by atoms with E-state index in [2.05, 4.69) is 15.3 Å². The van der Waals surface area contributed by atoms with Gasteiger partial charge >= 0.3 is 5.97 Å². The molecule has 6 N–H and O–H groups in total. The molecule has 0 saturated heterocycles. The molecule has 40 heavy (non-hydrogen) atoms. The fourth-order valence-corrected chi connectivity index (χ4v) is 4.09. The van der Waals surface area contributed by atoms with Crippen molar-refractivity contribution in [3.8, 4) is 0 Å². The predicted molar refractivity (Wildman–Crippen MR) is 147 cm³/mol. The summed E-state index contributed by atoms with van der Waals surface area (Å²) >= 11 is 0. The Morgan fingerprint density at radius 3 is 2.40 bits per heavy atom. The fourth-order valence-electron chi connectivity index (χ4n) is 4.09. The number of anilines is 1. The number of ether oxygens (including phenoxy) is 3. The average Bonchev–Trinajstić information content (AvgIpc) is 3.34. The van der Waals surface area contributed by atoms with Gasteiger partial charge in [-0.05, 0) is 37.3 Å². The molecule has 4 rings (SSSR count). The molecule has 2 aromatic heterocycles. The number of para-hydroxylation sites is 1. The van der Waals surface area contributed by atoms with Crippen molar-refractivity contribution in [3.05, 3.63) is 65.5 Å². The van der Waals surface area contributed by atoms with Gasteiger partial charge in [0.1, 0.15) is 31.2 Å². The monoisotopic (exact) mass is 549 g/mol. The summed E-state index contributed by atoms with van der Waals surface area (Å²) in [6, 6.07) is 13.6. The van der Waals surface area contributed by atoms with Gasteiger partial charge in [-0.15, -0.1) is 0 Å². The van der Waals surface area contributed by atoms with Crippen LogP contribution in [0.3, 0.4) is 0 Å². The second-order valence-electron chi connectivity index (χ2n) is 8.61. The van der Waals surface area contributed by atoms with Gasteiger partial charge in [0.15, 0.2) is 5.82 Å². The SMILES string of the molecule is CCOCc1nc2c(N)nc3ccccc3c2n1CCOC(=O)COCCNC(=O)c1ccc(C(=O)NN)cc1. The van der Waals surface area contributed by atoms with Crippen LogP contribution in [0.1, 0.15) is 33.5 Å². The highest BCUT2D eigenvalue weighted by Crippen LogP contribution is 2.29. The van der Waals surface area contributed by atoms with E-state index in [0.717, 1.165) is 16.4 Å². The predicted octanol–water partition coefficient (Wildman–Crippen LogP) is 1.30. The number of nitrogens with one attached hydrogen (secondary N) is 2. The summed E-state index contributed by atoms with van der Waals surface area (Å²) < 4.78 is 18.2. The first-order valence-corrected chi connectivity index (χ1v) is 12.7. The molecule has 2 amide bonds. The van der Waals surface area contributed by atoms with Crippen LogP contribution < -0.4 is 22.3 Å².